The molecule has 1 aliphatic carbocycles. The summed E-state index contributed by atoms with van der Waals surface area (Å²) in [5.41, 5.74) is 1.76. The van der Waals surface area contributed by atoms with Crippen LogP contribution in [-0.2, 0) is 6.42 Å². The Morgan fingerprint density at radius 3 is 2.30 bits per heavy atom. The SMILES string of the molecule is CCCNc1ncnc(NCC2(CCC)CC2)c1CC. The van der Waals surface area contributed by atoms with Crippen molar-refractivity contribution in [1.29, 1.82) is 0 Å². The molecule has 20 heavy (non-hydrogen) atoms. The second-order valence-electron chi connectivity index (χ2n) is 5.93. The van der Waals surface area contributed by atoms with Crippen molar-refractivity contribution in [2.75, 3.05) is 23.7 Å². The molecule has 112 valence electrons. The molecule has 1 saturated carbocycles. The van der Waals surface area contributed by atoms with Crippen LogP contribution in [0.1, 0.15) is 58.4 Å². The van der Waals surface area contributed by atoms with Crippen LogP contribution in [0.2, 0.25) is 0 Å². The van der Waals surface area contributed by atoms with Gasteiger partial charge in [0.05, 0.1) is 0 Å². The third-order valence-electron chi connectivity index (χ3n) is 4.21. The van der Waals surface area contributed by atoms with Gasteiger partial charge in [-0.1, -0.05) is 27.2 Å². The van der Waals surface area contributed by atoms with Gasteiger partial charge in [0.15, 0.2) is 0 Å². The molecule has 0 spiro atoms. The van der Waals surface area contributed by atoms with Gasteiger partial charge in [-0.05, 0) is 37.5 Å². The van der Waals surface area contributed by atoms with Crippen molar-refractivity contribution in [1.82, 2.24) is 9.97 Å². The largest absolute Gasteiger partial charge is 0.370 e. The van der Waals surface area contributed by atoms with Crippen molar-refractivity contribution >= 4 is 11.6 Å². The Bertz CT molecular complexity index is 426. The van der Waals surface area contributed by atoms with E-state index in [1.54, 1.807) is 6.33 Å². The van der Waals surface area contributed by atoms with Crippen LogP contribution >= 0.6 is 0 Å². The lowest BCUT2D eigenvalue weighted by atomic mass is 10.0. The number of nitrogens with one attached hydrogen (secondary N) is 2. The van der Waals surface area contributed by atoms with E-state index in [2.05, 4.69) is 41.4 Å². The molecular weight excluding hydrogens is 248 g/mol. The maximum Gasteiger partial charge on any atom is 0.134 e. The topological polar surface area (TPSA) is 49.8 Å². The minimum absolute atomic E-state index is 0.543. The second-order valence-corrected chi connectivity index (χ2v) is 5.93. The quantitative estimate of drug-likeness (QED) is 0.719. The number of hydrogen-bond donors (Lipinski definition) is 2. The van der Waals surface area contributed by atoms with Crippen LogP contribution in [0.15, 0.2) is 6.33 Å². The molecule has 0 atom stereocenters. The normalized spacial score (nSPS) is 15.9. The number of rotatable bonds is 9. The molecule has 0 bridgehead atoms. The van der Waals surface area contributed by atoms with Crippen LogP contribution < -0.4 is 10.6 Å². The molecule has 1 fully saturated rings. The van der Waals surface area contributed by atoms with E-state index in [0.717, 1.165) is 37.6 Å². The fourth-order valence-electron chi connectivity index (χ4n) is 2.79. The van der Waals surface area contributed by atoms with Crippen LogP contribution in [0.25, 0.3) is 0 Å². The van der Waals surface area contributed by atoms with E-state index >= 15 is 0 Å². The van der Waals surface area contributed by atoms with Crippen LogP contribution in [0.3, 0.4) is 0 Å². The molecule has 0 unspecified atom stereocenters. The summed E-state index contributed by atoms with van der Waals surface area (Å²) in [6.45, 7) is 8.62. The Labute approximate surface area is 122 Å². The molecule has 0 radical (unpaired) electrons. The van der Waals surface area contributed by atoms with Gasteiger partial charge < -0.3 is 10.6 Å². The molecular formula is C16H28N4. The summed E-state index contributed by atoms with van der Waals surface area (Å²) in [6.07, 6.45) is 9.05. The number of nitrogens with zero attached hydrogens (tertiary/aromatic N) is 2. The molecule has 1 aromatic rings. The van der Waals surface area contributed by atoms with Crippen molar-refractivity contribution in [3.05, 3.63) is 11.9 Å². The van der Waals surface area contributed by atoms with Gasteiger partial charge >= 0.3 is 0 Å². The zero-order chi connectivity index (χ0) is 14.4. The fraction of sp³-hybridized carbons (Fsp3) is 0.750. The number of aromatic nitrogens is 2. The first kappa shape index (κ1) is 15.1. The third-order valence-corrected chi connectivity index (χ3v) is 4.21. The third kappa shape index (κ3) is 3.62. The van der Waals surface area contributed by atoms with Crippen LogP contribution in [0.5, 0.6) is 0 Å². The molecule has 2 N–H and O–H groups in total. The van der Waals surface area contributed by atoms with Crippen LogP contribution in [0, 0.1) is 5.41 Å². The zero-order valence-electron chi connectivity index (χ0n) is 13.1. The van der Waals surface area contributed by atoms with Gasteiger partial charge in [0.2, 0.25) is 0 Å². The maximum absolute atomic E-state index is 4.45. The van der Waals surface area contributed by atoms with E-state index in [9.17, 15) is 0 Å². The molecule has 1 heterocycles. The van der Waals surface area contributed by atoms with Gasteiger partial charge in [-0.15, -0.1) is 0 Å². The summed E-state index contributed by atoms with van der Waals surface area (Å²) in [6, 6.07) is 0. The molecule has 4 nitrogen and oxygen atoms in total. The smallest absolute Gasteiger partial charge is 0.134 e. The summed E-state index contributed by atoms with van der Waals surface area (Å²) in [5.74, 6) is 2.01. The molecule has 0 aromatic carbocycles. The fourth-order valence-corrected chi connectivity index (χ4v) is 2.79. The molecule has 0 aliphatic heterocycles. The van der Waals surface area contributed by atoms with Crippen molar-refractivity contribution in [2.45, 2.75) is 59.3 Å². The Morgan fingerprint density at radius 2 is 1.75 bits per heavy atom. The summed E-state index contributed by atoms with van der Waals surface area (Å²) in [4.78, 5) is 8.83. The van der Waals surface area contributed by atoms with Crippen LogP contribution in [0.4, 0.5) is 11.6 Å². The molecule has 1 aromatic heterocycles. The summed E-state index contributed by atoms with van der Waals surface area (Å²) in [5, 5.41) is 6.98. The monoisotopic (exact) mass is 276 g/mol. The van der Waals surface area contributed by atoms with Crippen molar-refractivity contribution in [3.8, 4) is 0 Å². The van der Waals surface area contributed by atoms with Gasteiger partial charge in [-0.25, -0.2) is 9.97 Å². The number of hydrogen-bond acceptors (Lipinski definition) is 4. The van der Waals surface area contributed by atoms with Crippen LogP contribution in [-0.4, -0.2) is 23.1 Å². The lowest BCUT2D eigenvalue weighted by Gasteiger charge is -2.18. The molecule has 1 aliphatic rings. The highest BCUT2D eigenvalue weighted by atomic mass is 15.1. The van der Waals surface area contributed by atoms with Gasteiger partial charge in [-0.2, -0.15) is 0 Å². The highest BCUT2D eigenvalue weighted by molar-refractivity contribution is 5.57. The van der Waals surface area contributed by atoms with Gasteiger partial charge in [0.25, 0.3) is 0 Å². The average molecular weight is 276 g/mol. The predicted octanol–water partition coefficient (Wildman–Crippen LogP) is 3.85. The lowest BCUT2D eigenvalue weighted by Crippen LogP contribution is -2.18. The van der Waals surface area contributed by atoms with Gasteiger partial charge in [-0.3, -0.25) is 0 Å². The first-order valence-electron chi connectivity index (χ1n) is 8.06. The summed E-state index contributed by atoms with van der Waals surface area (Å²) < 4.78 is 0. The second kappa shape index (κ2) is 6.91. The Balaban J connectivity index is 2.03. The molecule has 4 heteroatoms. The maximum atomic E-state index is 4.45. The Kier molecular flexibility index (Phi) is 5.21. The van der Waals surface area contributed by atoms with Gasteiger partial charge in [0.1, 0.15) is 18.0 Å². The van der Waals surface area contributed by atoms with E-state index in [1.165, 1.54) is 31.2 Å². The van der Waals surface area contributed by atoms with Crippen molar-refractivity contribution in [3.63, 3.8) is 0 Å². The minimum Gasteiger partial charge on any atom is -0.370 e. The highest BCUT2D eigenvalue weighted by Gasteiger charge is 2.41. The predicted molar refractivity (Wildman–Crippen MR) is 85.3 cm³/mol. The molecule has 2 rings (SSSR count). The summed E-state index contributed by atoms with van der Waals surface area (Å²) >= 11 is 0. The Morgan fingerprint density at radius 1 is 1.05 bits per heavy atom. The van der Waals surface area contributed by atoms with E-state index < -0.39 is 0 Å². The van der Waals surface area contributed by atoms with Crippen molar-refractivity contribution in [2.24, 2.45) is 5.41 Å². The first-order valence-corrected chi connectivity index (χ1v) is 8.06. The summed E-state index contributed by atoms with van der Waals surface area (Å²) in [7, 11) is 0. The standard InChI is InChI=1S/C16H28N4/c1-4-7-16(8-9-16)11-18-15-13(6-3)14(17-10-5-2)19-12-20-15/h12H,4-11H2,1-3H3,(H2,17,18,19,20). The minimum atomic E-state index is 0.543. The number of anilines is 2. The van der Waals surface area contributed by atoms with Gasteiger partial charge in [0, 0.05) is 18.7 Å². The van der Waals surface area contributed by atoms with Crippen molar-refractivity contribution < 1.29 is 0 Å². The van der Waals surface area contributed by atoms with E-state index in [-0.39, 0.29) is 0 Å². The molecule has 0 saturated heterocycles. The molecule has 0 amide bonds. The van der Waals surface area contributed by atoms with E-state index in [1.807, 2.05) is 0 Å². The van der Waals surface area contributed by atoms with E-state index in [4.69, 9.17) is 0 Å². The van der Waals surface area contributed by atoms with E-state index in [0.29, 0.717) is 5.41 Å². The first-order chi connectivity index (χ1) is 9.74. The Hall–Kier alpha value is -1.32. The average Bonchev–Trinajstić information content (AvgIpc) is 3.23. The highest BCUT2D eigenvalue weighted by Crippen LogP contribution is 2.49. The zero-order valence-corrected chi connectivity index (χ0v) is 13.1. The lowest BCUT2D eigenvalue weighted by molar-refractivity contribution is 0.485.